The van der Waals surface area contributed by atoms with Gasteiger partial charge in [-0.15, -0.1) is 6.42 Å². The van der Waals surface area contributed by atoms with E-state index in [1.807, 2.05) is 12.1 Å². The molecule has 21 heavy (non-hydrogen) atoms. The number of rotatable bonds is 5. The summed E-state index contributed by atoms with van der Waals surface area (Å²) in [6.45, 7) is 4.55. The molecule has 0 aromatic heterocycles. The Labute approximate surface area is 136 Å². The molecule has 1 aromatic carbocycles. The Hall–Kier alpha value is -1.02. The van der Waals surface area contributed by atoms with Crippen LogP contribution in [0.15, 0.2) is 22.7 Å². The van der Waals surface area contributed by atoms with Crippen molar-refractivity contribution in [1.29, 1.82) is 0 Å². The lowest BCUT2D eigenvalue weighted by molar-refractivity contribution is 0.168. The number of benzene rings is 1. The fourth-order valence-corrected chi connectivity index (χ4v) is 3.08. The molecule has 0 radical (unpaired) electrons. The Morgan fingerprint density at radius 2 is 2.33 bits per heavy atom. The molecule has 2 unspecified atom stereocenters. The Morgan fingerprint density at radius 3 is 3.05 bits per heavy atom. The van der Waals surface area contributed by atoms with E-state index in [-0.39, 0.29) is 0 Å². The minimum absolute atomic E-state index is 0.305. The highest BCUT2D eigenvalue weighted by atomic mass is 79.9. The zero-order valence-corrected chi connectivity index (χ0v) is 14.3. The first-order valence-corrected chi connectivity index (χ1v) is 8.17. The second-order valence-electron chi connectivity index (χ2n) is 5.68. The molecule has 1 aliphatic rings. The molecule has 4 heteroatoms. The quantitative estimate of drug-likeness (QED) is 0.826. The van der Waals surface area contributed by atoms with Crippen molar-refractivity contribution in [1.82, 2.24) is 10.2 Å². The Bertz CT molecular complexity index is 512. The third-order valence-corrected chi connectivity index (χ3v) is 4.62. The zero-order valence-electron chi connectivity index (χ0n) is 12.7. The minimum Gasteiger partial charge on any atom is -0.481 e. The van der Waals surface area contributed by atoms with E-state index in [1.54, 1.807) is 0 Å². The summed E-state index contributed by atoms with van der Waals surface area (Å²) < 4.78 is 6.67. The van der Waals surface area contributed by atoms with E-state index in [0.29, 0.717) is 18.7 Å². The van der Waals surface area contributed by atoms with Crippen LogP contribution in [0.5, 0.6) is 5.75 Å². The summed E-state index contributed by atoms with van der Waals surface area (Å²) in [4.78, 5) is 2.42. The molecule has 0 saturated carbocycles. The van der Waals surface area contributed by atoms with Gasteiger partial charge in [0.05, 0.1) is 0 Å². The van der Waals surface area contributed by atoms with Crippen molar-refractivity contribution >= 4 is 15.9 Å². The predicted octanol–water partition coefficient (Wildman–Crippen LogP) is 3.03. The second-order valence-corrected chi connectivity index (χ2v) is 6.59. The summed E-state index contributed by atoms with van der Waals surface area (Å²) in [6, 6.07) is 7.24. The first-order chi connectivity index (χ1) is 10.1. The van der Waals surface area contributed by atoms with Gasteiger partial charge in [-0.3, -0.25) is 0 Å². The van der Waals surface area contributed by atoms with E-state index >= 15 is 0 Å². The summed E-state index contributed by atoms with van der Waals surface area (Å²) in [5.74, 6) is 3.38. The normalized spacial score (nSPS) is 22.8. The second kappa shape index (κ2) is 7.84. The standard InChI is InChI=1S/C17H23BrN2O/c1-4-9-21-17-6-5-15(18)11-14(17)12-19-16-7-8-20(3)13(2)10-16/h1,5-6,11,13,16,19H,7-10,12H2,2-3H3. The summed E-state index contributed by atoms with van der Waals surface area (Å²) in [5.41, 5.74) is 1.14. The highest BCUT2D eigenvalue weighted by molar-refractivity contribution is 9.10. The zero-order chi connectivity index (χ0) is 15.2. The number of piperidine rings is 1. The van der Waals surface area contributed by atoms with Crippen molar-refractivity contribution in [2.45, 2.75) is 38.4 Å². The first kappa shape index (κ1) is 16.4. The van der Waals surface area contributed by atoms with Crippen LogP contribution in [0, 0.1) is 12.3 Å². The van der Waals surface area contributed by atoms with Gasteiger partial charge >= 0.3 is 0 Å². The van der Waals surface area contributed by atoms with E-state index < -0.39 is 0 Å². The summed E-state index contributed by atoms with van der Waals surface area (Å²) in [7, 11) is 2.20. The predicted molar refractivity (Wildman–Crippen MR) is 90.4 cm³/mol. The number of halogens is 1. The van der Waals surface area contributed by atoms with Gasteiger partial charge < -0.3 is 15.0 Å². The monoisotopic (exact) mass is 350 g/mol. The van der Waals surface area contributed by atoms with Crippen LogP contribution in [-0.4, -0.2) is 37.2 Å². The Morgan fingerprint density at radius 1 is 1.52 bits per heavy atom. The molecular formula is C17H23BrN2O. The van der Waals surface area contributed by atoms with Crippen molar-refractivity contribution in [2.75, 3.05) is 20.2 Å². The number of hydrogen-bond acceptors (Lipinski definition) is 3. The van der Waals surface area contributed by atoms with Crippen LogP contribution in [0.3, 0.4) is 0 Å². The van der Waals surface area contributed by atoms with Gasteiger partial charge in [-0.2, -0.15) is 0 Å². The van der Waals surface area contributed by atoms with Gasteiger partial charge in [0.25, 0.3) is 0 Å². The lowest BCUT2D eigenvalue weighted by atomic mass is 9.98. The van der Waals surface area contributed by atoms with Crippen LogP contribution in [0.2, 0.25) is 0 Å². The summed E-state index contributed by atoms with van der Waals surface area (Å²) >= 11 is 3.52. The highest BCUT2D eigenvalue weighted by Crippen LogP contribution is 2.24. The number of ether oxygens (including phenoxy) is 1. The molecule has 1 aromatic rings. The lowest BCUT2D eigenvalue weighted by Gasteiger charge is -2.35. The molecule has 0 spiro atoms. The number of likely N-dealkylation sites (tertiary alicyclic amines) is 1. The van der Waals surface area contributed by atoms with E-state index in [4.69, 9.17) is 11.2 Å². The molecule has 2 atom stereocenters. The molecule has 114 valence electrons. The fraction of sp³-hybridized carbons (Fsp3) is 0.529. The largest absolute Gasteiger partial charge is 0.481 e. The van der Waals surface area contributed by atoms with Gasteiger partial charge in [-0.1, -0.05) is 21.9 Å². The molecule has 3 nitrogen and oxygen atoms in total. The van der Waals surface area contributed by atoms with Crippen LogP contribution in [0.1, 0.15) is 25.3 Å². The van der Waals surface area contributed by atoms with Gasteiger partial charge in [0.1, 0.15) is 12.4 Å². The topological polar surface area (TPSA) is 24.5 Å². The fourth-order valence-electron chi connectivity index (χ4n) is 2.68. The average Bonchev–Trinajstić information content (AvgIpc) is 2.47. The van der Waals surface area contributed by atoms with Gasteiger partial charge in [-0.25, -0.2) is 0 Å². The van der Waals surface area contributed by atoms with Gasteiger partial charge in [0.2, 0.25) is 0 Å². The van der Waals surface area contributed by atoms with Crippen LogP contribution < -0.4 is 10.1 Å². The van der Waals surface area contributed by atoms with Crippen molar-refractivity contribution in [2.24, 2.45) is 0 Å². The minimum atomic E-state index is 0.305. The molecule has 0 aliphatic carbocycles. The first-order valence-electron chi connectivity index (χ1n) is 7.38. The van der Waals surface area contributed by atoms with E-state index in [0.717, 1.165) is 28.9 Å². The van der Waals surface area contributed by atoms with E-state index in [9.17, 15) is 0 Å². The van der Waals surface area contributed by atoms with Crippen LogP contribution >= 0.6 is 15.9 Å². The van der Waals surface area contributed by atoms with Gasteiger partial charge in [0, 0.05) is 28.7 Å². The molecule has 1 saturated heterocycles. The van der Waals surface area contributed by atoms with Crippen LogP contribution in [0.25, 0.3) is 0 Å². The highest BCUT2D eigenvalue weighted by Gasteiger charge is 2.22. The third-order valence-electron chi connectivity index (χ3n) is 4.12. The molecule has 1 N–H and O–H groups in total. The Balaban J connectivity index is 1.96. The SMILES string of the molecule is C#CCOc1ccc(Br)cc1CNC1CCN(C)C(C)C1. The van der Waals surface area contributed by atoms with Crippen molar-refractivity contribution in [3.05, 3.63) is 28.2 Å². The number of hydrogen-bond donors (Lipinski definition) is 1. The molecule has 1 heterocycles. The average molecular weight is 351 g/mol. The molecular weight excluding hydrogens is 328 g/mol. The summed E-state index contributed by atoms with van der Waals surface area (Å²) in [5, 5.41) is 3.65. The molecule has 1 aliphatic heterocycles. The van der Waals surface area contributed by atoms with E-state index in [1.165, 1.54) is 12.8 Å². The van der Waals surface area contributed by atoms with Crippen molar-refractivity contribution in [3.8, 4) is 18.1 Å². The molecule has 0 bridgehead atoms. The molecule has 0 amide bonds. The number of nitrogens with one attached hydrogen (secondary N) is 1. The van der Waals surface area contributed by atoms with Crippen LogP contribution in [0.4, 0.5) is 0 Å². The number of nitrogens with zero attached hydrogens (tertiary/aromatic N) is 1. The Kier molecular flexibility index (Phi) is 6.10. The molecule has 1 fully saturated rings. The van der Waals surface area contributed by atoms with Gasteiger partial charge in [-0.05, 0) is 51.6 Å². The lowest BCUT2D eigenvalue weighted by Crippen LogP contribution is -2.45. The van der Waals surface area contributed by atoms with E-state index in [2.05, 4.69) is 52.1 Å². The third kappa shape index (κ3) is 4.74. The maximum Gasteiger partial charge on any atom is 0.148 e. The van der Waals surface area contributed by atoms with Crippen molar-refractivity contribution < 1.29 is 4.74 Å². The smallest absolute Gasteiger partial charge is 0.148 e. The number of terminal acetylenes is 1. The van der Waals surface area contributed by atoms with Gasteiger partial charge in [0.15, 0.2) is 0 Å². The van der Waals surface area contributed by atoms with Crippen molar-refractivity contribution in [3.63, 3.8) is 0 Å². The maximum absolute atomic E-state index is 5.61. The molecule has 2 rings (SSSR count). The summed E-state index contributed by atoms with van der Waals surface area (Å²) in [6.07, 6.45) is 7.65. The van der Waals surface area contributed by atoms with Crippen LogP contribution in [-0.2, 0) is 6.54 Å². The maximum atomic E-state index is 5.61.